The summed E-state index contributed by atoms with van der Waals surface area (Å²) in [5.74, 6) is -0.541. The van der Waals surface area contributed by atoms with Gasteiger partial charge in [0.1, 0.15) is 12.4 Å². The molecule has 4 aliphatic carbocycles. The van der Waals surface area contributed by atoms with E-state index in [-0.39, 0.29) is 43.4 Å². The third kappa shape index (κ3) is 1.15. The standard InChI is InChI=1S/C16H18O5/c17-10-7-15-5-3-9(10)6-16(15,19)13(18)20-8-14(15)4-1-2-11-12(14)21-11/h1,4,9,11-12,19H,2-3,5-8H2/t9-,11-,12-,14+,15-,16+/m1/s1. The van der Waals surface area contributed by atoms with Crippen LogP contribution < -0.4 is 0 Å². The second-order valence-electron chi connectivity index (χ2n) is 7.37. The van der Waals surface area contributed by atoms with E-state index in [0.717, 1.165) is 12.8 Å². The average Bonchev–Trinajstić information content (AvgIpc) is 3.25. The second-order valence-corrected chi connectivity index (χ2v) is 7.37. The summed E-state index contributed by atoms with van der Waals surface area (Å²) in [5.41, 5.74) is -2.79. The lowest BCUT2D eigenvalue weighted by Gasteiger charge is -2.64. The van der Waals surface area contributed by atoms with Gasteiger partial charge in [-0.25, -0.2) is 4.79 Å². The molecular formula is C16H18O5. The van der Waals surface area contributed by atoms with Crippen molar-refractivity contribution in [2.45, 2.75) is 49.9 Å². The van der Waals surface area contributed by atoms with Crippen LogP contribution in [0.15, 0.2) is 12.2 Å². The first-order valence-electron chi connectivity index (χ1n) is 7.78. The minimum absolute atomic E-state index is 0.0235. The van der Waals surface area contributed by atoms with Crippen LogP contribution in [0.1, 0.15) is 32.1 Å². The lowest BCUT2D eigenvalue weighted by atomic mass is 9.41. The third-order valence-corrected chi connectivity index (χ3v) is 6.73. The predicted octanol–water partition coefficient (Wildman–Crippen LogP) is 0.747. The minimum Gasteiger partial charge on any atom is -0.462 e. The molecule has 0 unspecified atom stereocenters. The SMILES string of the molecule is O=C1C[C@@]23CC[C@@H]1C[C@]2(O)C(=O)OC[C@]31C=CC[C@H]2O[C@H]21. The van der Waals surface area contributed by atoms with Gasteiger partial charge in [0.2, 0.25) is 0 Å². The van der Waals surface area contributed by atoms with Crippen LogP contribution in [0.25, 0.3) is 0 Å². The lowest BCUT2D eigenvalue weighted by molar-refractivity contribution is -0.256. The molecule has 112 valence electrons. The zero-order valence-corrected chi connectivity index (χ0v) is 11.7. The van der Waals surface area contributed by atoms with Gasteiger partial charge in [-0.15, -0.1) is 0 Å². The van der Waals surface area contributed by atoms with E-state index in [1.165, 1.54) is 0 Å². The van der Waals surface area contributed by atoms with Gasteiger partial charge in [0.15, 0.2) is 5.60 Å². The first-order valence-corrected chi connectivity index (χ1v) is 7.78. The van der Waals surface area contributed by atoms with Crippen LogP contribution in [0.2, 0.25) is 0 Å². The fourth-order valence-electron chi connectivity index (χ4n) is 5.58. The maximum absolute atomic E-state index is 12.4. The van der Waals surface area contributed by atoms with Gasteiger partial charge in [-0.3, -0.25) is 4.79 Å². The summed E-state index contributed by atoms with van der Waals surface area (Å²) in [7, 11) is 0. The number of ether oxygens (including phenoxy) is 2. The largest absolute Gasteiger partial charge is 0.462 e. The van der Waals surface area contributed by atoms with Crippen molar-refractivity contribution in [3.8, 4) is 0 Å². The number of cyclic esters (lactones) is 1. The van der Waals surface area contributed by atoms with Crippen LogP contribution in [-0.4, -0.2) is 41.3 Å². The van der Waals surface area contributed by atoms with Crippen molar-refractivity contribution in [3.05, 3.63) is 12.2 Å². The van der Waals surface area contributed by atoms with Crippen molar-refractivity contribution >= 4 is 11.8 Å². The van der Waals surface area contributed by atoms with E-state index in [0.29, 0.717) is 6.42 Å². The van der Waals surface area contributed by atoms with Crippen molar-refractivity contribution in [1.82, 2.24) is 0 Å². The summed E-state index contributed by atoms with van der Waals surface area (Å²) < 4.78 is 11.2. The molecule has 5 heteroatoms. The highest BCUT2D eigenvalue weighted by molar-refractivity contribution is 5.91. The third-order valence-electron chi connectivity index (χ3n) is 6.73. The van der Waals surface area contributed by atoms with Crippen molar-refractivity contribution in [2.75, 3.05) is 6.61 Å². The van der Waals surface area contributed by atoms with Crippen LogP contribution in [0.5, 0.6) is 0 Å². The smallest absolute Gasteiger partial charge is 0.338 e. The Morgan fingerprint density at radius 1 is 1.33 bits per heavy atom. The molecule has 2 saturated heterocycles. The van der Waals surface area contributed by atoms with Gasteiger partial charge in [-0.05, 0) is 25.7 Å². The lowest BCUT2D eigenvalue weighted by Crippen LogP contribution is -2.74. The van der Waals surface area contributed by atoms with E-state index in [1.54, 1.807) is 0 Å². The number of epoxide rings is 1. The Bertz CT molecular complexity index is 597. The number of ketones is 1. The molecule has 0 aromatic rings. The quantitative estimate of drug-likeness (QED) is 0.405. The highest BCUT2D eigenvalue weighted by Gasteiger charge is 2.78. The number of rotatable bonds is 0. The van der Waals surface area contributed by atoms with Crippen LogP contribution >= 0.6 is 0 Å². The maximum atomic E-state index is 12.4. The molecule has 6 aliphatic rings. The monoisotopic (exact) mass is 290 g/mol. The molecule has 2 aliphatic heterocycles. The molecule has 21 heavy (non-hydrogen) atoms. The van der Waals surface area contributed by atoms with Gasteiger partial charge in [-0.1, -0.05) is 12.2 Å². The highest BCUT2D eigenvalue weighted by Crippen LogP contribution is 2.69. The molecule has 2 spiro atoms. The van der Waals surface area contributed by atoms with Crippen LogP contribution in [-0.2, 0) is 19.1 Å². The van der Waals surface area contributed by atoms with Crippen molar-refractivity contribution in [3.63, 3.8) is 0 Å². The first-order chi connectivity index (χ1) is 10.0. The second kappa shape index (κ2) is 3.41. The molecule has 6 rings (SSSR count). The van der Waals surface area contributed by atoms with E-state index in [2.05, 4.69) is 12.2 Å². The van der Waals surface area contributed by atoms with Crippen LogP contribution in [0.3, 0.4) is 0 Å². The van der Waals surface area contributed by atoms with Gasteiger partial charge in [-0.2, -0.15) is 0 Å². The molecule has 0 aromatic carbocycles. The fraction of sp³-hybridized carbons (Fsp3) is 0.750. The Morgan fingerprint density at radius 3 is 3.00 bits per heavy atom. The van der Waals surface area contributed by atoms with E-state index >= 15 is 0 Å². The van der Waals surface area contributed by atoms with E-state index in [9.17, 15) is 14.7 Å². The molecule has 6 atom stereocenters. The molecular weight excluding hydrogens is 272 g/mol. The van der Waals surface area contributed by atoms with Crippen molar-refractivity contribution in [2.24, 2.45) is 16.7 Å². The fourth-order valence-corrected chi connectivity index (χ4v) is 5.58. The van der Waals surface area contributed by atoms with Crippen molar-refractivity contribution in [1.29, 1.82) is 0 Å². The average molecular weight is 290 g/mol. The molecule has 2 bridgehead atoms. The molecule has 0 amide bonds. The summed E-state index contributed by atoms with van der Waals surface area (Å²) in [6.07, 6.45) is 7.09. The van der Waals surface area contributed by atoms with E-state index in [1.807, 2.05) is 0 Å². The van der Waals surface area contributed by atoms with Crippen LogP contribution in [0, 0.1) is 16.7 Å². The van der Waals surface area contributed by atoms with Gasteiger partial charge in [0.05, 0.1) is 17.6 Å². The summed E-state index contributed by atoms with van der Waals surface area (Å²) in [6.45, 7) is 0.226. The Hall–Kier alpha value is -1.20. The van der Waals surface area contributed by atoms with E-state index < -0.39 is 22.4 Å². The van der Waals surface area contributed by atoms with Crippen LogP contribution in [0.4, 0.5) is 0 Å². The maximum Gasteiger partial charge on any atom is 0.338 e. The van der Waals surface area contributed by atoms with Gasteiger partial charge < -0.3 is 14.6 Å². The number of carbonyl (C=O) groups excluding carboxylic acids is 2. The topological polar surface area (TPSA) is 76.1 Å². The zero-order chi connectivity index (χ0) is 14.5. The van der Waals surface area contributed by atoms with Gasteiger partial charge in [0.25, 0.3) is 0 Å². The van der Waals surface area contributed by atoms with Gasteiger partial charge >= 0.3 is 5.97 Å². The number of esters is 1. The van der Waals surface area contributed by atoms with Gasteiger partial charge in [0, 0.05) is 17.8 Å². The number of hydrogen-bond donors (Lipinski definition) is 1. The summed E-state index contributed by atoms with van der Waals surface area (Å²) in [5, 5.41) is 11.2. The molecule has 2 heterocycles. The first kappa shape index (κ1) is 12.4. The summed E-state index contributed by atoms with van der Waals surface area (Å²) in [6, 6.07) is 0. The molecule has 1 N–H and O–H groups in total. The number of fused-ring (bicyclic) bond motifs is 4. The number of aliphatic hydroxyl groups is 1. The number of hydrogen-bond acceptors (Lipinski definition) is 5. The summed E-state index contributed by atoms with van der Waals surface area (Å²) >= 11 is 0. The number of carbonyl (C=O) groups is 2. The minimum atomic E-state index is -1.53. The summed E-state index contributed by atoms with van der Waals surface area (Å²) in [4.78, 5) is 24.7. The molecule has 5 nitrogen and oxygen atoms in total. The Kier molecular flexibility index (Phi) is 2.01. The predicted molar refractivity (Wildman–Crippen MR) is 70.2 cm³/mol. The molecule has 3 saturated carbocycles. The molecule has 0 radical (unpaired) electrons. The molecule has 5 fully saturated rings. The zero-order valence-electron chi connectivity index (χ0n) is 11.7. The Balaban J connectivity index is 1.74. The normalized spacial score (nSPS) is 56.9. The Morgan fingerprint density at radius 2 is 2.19 bits per heavy atom. The number of Topliss-reactive ketones (excluding diaryl/α,β-unsaturated/α-hetero) is 1. The van der Waals surface area contributed by atoms with Crippen molar-refractivity contribution < 1.29 is 24.2 Å². The Labute approximate surface area is 122 Å². The molecule has 0 aromatic heterocycles. The van der Waals surface area contributed by atoms with E-state index in [4.69, 9.17) is 9.47 Å². The highest BCUT2D eigenvalue weighted by atomic mass is 16.6.